The number of benzene rings is 2. The normalized spacial score (nSPS) is 18.6. The zero-order chi connectivity index (χ0) is 25.9. The number of amides is 2. The number of terminal acetylenes is 1. The molecule has 2 aliphatic heterocycles. The molecule has 0 spiro atoms. The predicted octanol–water partition coefficient (Wildman–Crippen LogP) is 1.83. The van der Waals surface area contributed by atoms with Gasteiger partial charge in [0.05, 0.1) is 25.3 Å². The van der Waals surface area contributed by atoms with E-state index >= 15 is 0 Å². The van der Waals surface area contributed by atoms with Gasteiger partial charge in [-0.2, -0.15) is 4.31 Å². The molecular weight excluding hydrogens is 476 g/mol. The van der Waals surface area contributed by atoms with E-state index in [2.05, 4.69) is 59.5 Å². The lowest BCUT2D eigenvalue weighted by atomic mass is 9.96. The number of nitrogens with zero attached hydrogens (tertiary/aromatic N) is 3. The lowest BCUT2D eigenvalue weighted by Gasteiger charge is -2.42. The average molecular weight is 511 g/mol. The van der Waals surface area contributed by atoms with Crippen molar-refractivity contribution in [3.63, 3.8) is 0 Å². The maximum Gasteiger partial charge on any atom is 0.237 e. The molecule has 0 unspecified atom stereocenters. The minimum Gasteiger partial charge on any atom is -0.345 e. The topological polar surface area (TPSA) is 90.0 Å². The Morgan fingerprint density at radius 2 is 1.81 bits per heavy atom. The molecule has 8 nitrogen and oxygen atoms in total. The van der Waals surface area contributed by atoms with E-state index < -0.39 is 10.0 Å². The molecule has 2 amide bonds. The molecule has 0 bridgehead atoms. The van der Waals surface area contributed by atoms with Gasteiger partial charge in [-0.3, -0.25) is 14.5 Å². The third-order valence-electron chi connectivity index (χ3n) is 7.41. The molecule has 2 heterocycles. The van der Waals surface area contributed by atoms with E-state index in [9.17, 15) is 18.0 Å². The number of sulfonamides is 1. The maximum atomic E-state index is 12.8. The Kier molecular flexibility index (Phi) is 7.98. The highest BCUT2D eigenvalue weighted by atomic mass is 32.2. The van der Waals surface area contributed by atoms with Gasteiger partial charge in [0.25, 0.3) is 0 Å². The molecule has 0 saturated carbocycles. The van der Waals surface area contributed by atoms with Crippen molar-refractivity contribution in [3.05, 3.63) is 48.0 Å². The summed E-state index contributed by atoms with van der Waals surface area (Å²) < 4.78 is 26.6. The van der Waals surface area contributed by atoms with Crippen LogP contribution in [0.3, 0.4) is 0 Å². The number of carbonyl (C=O) groups excluding carboxylic acids is 2. The number of hydrogen-bond donors (Lipinski definition) is 1. The Balaban J connectivity index is 1.35. The van der Waals surface area contributed by atoms with E-state index in [4.69, 9.17) is 6.42 Å². The number of hydrogen-bond acceptors (Lipinski definition) is 5. The van der Waals surface area contributed by atoms with E-state index in [1.54, 1.807) is 0 Å². The first-order valence-corrected chi connectivity index (χ1v) is 14.2. The molecule has 0 radical (unpaired) electrons. The molecule has 2 aromatic rings. The number of likely N-dealkylation sites (tertiary alicyclic amines) is 2. The fraction of sp³-hybridized carbons (Fsp3) is 0.481. The van der Waals surface area contributed by atoms with Crippen LogP contribution in [0.1, 0.15) is 31.4 Å². The molecule has 9 heteroatoms. The fourth-order valence-corrected chi connectivity index (χ4v) is 6.35. The van der Waals surface area contributed by atoms with Crippen molar-refractivity contribution in [2.45, 2.75) is 31.8 Å². The summed E-state index contributed by atoms with van der Waals surface area (Å²) in [6, 6.07) is 14.7. The van der Waals surface area contributed by atoms with Crippen LogP contribution in [-0.2, 0) is 19.6 Å². The number of carbonyl (C=O) groups is 2. The van der Waals surface area contributed by atoms with Gasteiger partial charge in [0.15, 0.2) is 0 Å². The van der Waals surface area contributed by atoms with Crippen molar-refractivity contribution in [2.24, 2.45) is 5.92 Å². The van der Waals surface area contributed by atoms with Crippen LogP contribution in [0.15, 0.2) is 42.5 Å². The van der Waals surface area contributed by atoms with E-state index in [-0.39, 0.29) is 56.0 Å². The SMILES string of the molecule is C#CCNC(=O)C1CN(C(=O)CN(C2CCN([C@H](C)c3cccc4ccccc34)CC2)S(C)(=O)=O)C1. The molecule has 1 N–H and O–H groups in total. The zero-order valence-electron chi connectivity index (χ0n) is 20.9. The van der Waals surface area contributed by atoms with Gasteiger partial charge in [-0.15, -0.1) is 6.42 Å². The van der Waals surface area contributed by atoms with Gasteiger partial charge in [-0.25, -0.2) is 8.42 Å². The van der Waals surface area contributed by atoms with E-state index in [1.165, 1.54) is 25.5 Å². The average Bonchev–Trinajstić information content (AvgIpc) is 2.84. The Morgan fingerprint density at radius 3 is 2.47 bits per heavy atom. The second-order valence-electron chi connectivity index (χ2n) is 9.74. The molecule has 0 aliphatic carbocycles. The summed E-state index contributed by atoms with van der Waals surface area (Å²) in [6.45, 7) is 4.22. The number of nitrogens with one attached hydrogen (secondary N) is 1. The van der Waals surface area contributed by atoms with Gasteiger partial charge in [0, 0.05) is 38.3 Å². The standard InChI is InChI=1S/C27H34N4O4S/c1-4-14-28-27(33)22-17-30(18-22)26(32)19-31(36(3,34)35)23-12-15-29(16-13-23)20(2)24-11-7-9-21-8-5-6-10-25(21)24/h1,5-11,20,22-23H,12-19H2,2-3H3,(H,28,33)/t20-/m1/s1. The van der Waals surface area contributed by atoms with Crippen molar-refractivity contribution in [1.29, 1.82) is 0 Å². The highest BCUT2D eigenvalue weighted by Crippen LogP contribution is 2.31. The van der Waals surface area contributed by atoms with Gasteiger partial charge in [0.1, 0.15) is 0 Å². The minimum absolute atomic E-state index is 0.156. The molecule has 0 aromatic heterocycles. The Hall–Kier alpha value is -2.93. The van der Waals surface area contributed by atoms with Gasteiger partial charge in [-0.05, 0) is 36.1 Å². The monoisotopic (exact) mass is 510 g/mol. The van der Waals surface area contributed by atoms with Crippen LogP contribution in [0.25, 0.3) is 10.8 Å². The Bertz CT molecular complexity index is 1250. The van der Waals surface area contributed by atoms with Crippen LogP contribution in [0.4, 0.5) is 0 Å². The molecule has 2 aromatic carbocycles. The van der Waals surface area contributed by atoms with Crippen LogP contribution in [0.5, 0.6) is 0 Å². The van der Waals surface area contributed by atoms with Crippen LogP contribution in [-0.4, -0.2) is 85.9 Å². The second kappa shape index (κ2) is 11.0. The van der Waals surface area contributed by atoms with Crippen molar-refractivity contribution in [3.8, 4) is 12.3 Å². The highest BCUT2D eigenvalue weighted by molar-refractivity contribution is 7.88. The first-order chi connectivity index (χ1) is 17.2. The summed E-state index contributed by atoms with van der Waals surface area (Å²) in [7, 11) is -3.57. The number of piperidine rings is 1. The van der Waals surface area contributed by atoms with Crippen LogP contribution in [0.2, 0.25) is 0 Å². The molecule has 36 heavy (non-hydrogen) atoms. The van der Waals surface area contributed by atoms with Crippen molar-refractivity contribution < 1.29 is 18.0 Å². The van der Waals surface area contributed by atoms with E-state index in [0.717, 1.165) is 19.3 Å². The van der Waals surface area contributed by atoms with Crippen molar-refractivity contribution in [2.75, 3.05) is 45.5 Å². The third kappa shape index (κ3) is 5.72. The lowest BCUT2D eigenvalue weighted by Crippen LogP contribution is -2.59. The molecule has 192 valence electrons. The Morgan fingerprint density at radius 1 is 1.14 bits per heavy atom. The second-order valence-corrected chi connectivity index (χ2v) is 11.7. The van der Waals surface area contributed by atoms with Gasteiger partial charge in [0.2, 0.25) is 21.8 Å². The highest BCUT2D eigenvalue weighted by Gasteiger charge is 2.39. The van der Waals surface area contributed by atoms with Crippen molar-refractivity contribution >= 4 is 32.6 Å². The summed E-state index contributed by atoms with van der Waals surface area (Å²) >= 11 is 0. The third-order valence-corrected chi connectivity index (χ3v) is 8.69. The first kappa shape index (κ1) is 26.1. The molecule has 4 rings (SSSR count). The summed E-state index contributed by atoms with van der Waals surface area (Å²) in [5, 5.41) is 5.06. The molecule has 2 aliphatic rings. The van der Waals surface area contributed by atoms with E-state index in [1.807, 2.05) is 6.07 Å². The molecule has 2 fully saturated rings. The smallest absolute Gasteiger partial charge is 0.237 e. The predicted molar refractivity (Wildman–Crippen MR) is 140 cm³/mol. The van der Waals surface area contributed by atoms with Gasteiger partial charge < -0.3 is 10.2 Å². The summed E-state index contributed by atoms with van der Waals surface area (Å²) in [6.07, 6.45) is 7.64. The Labute approximate surface area is 213 Å². The summed E-state index contributed by atoms with van der Waals surface area (Å²) in [5.41, 5.74) is 1.26. The summed E-state index contributed by atoms with van der Waals surface area (Å²) in [5.74, 6) is 1.61. The maximum absolute atomic E-state index is 12.8. The first-order valence-electron chi connectivity index (χ1n) is 12.4. The number of rotatable bonds is 8. The molecule has 2 saturated heterocycles. The lowest BCUT2D eigenvalue weighted by molar-refractivity contribution is -0.143. The largest absolute Gasteiger partial charge is 0.345 e. The van der Waals surface area contributed by atoms with E-state index in [0.29, 0.717) is 12.8 Å². The van der Waals surface area contributed by atoms with Gasteiger partial charge in [-0.1, -0.05) is 48.4 Å². The quantitative estimate of drug-likeness (QED) is 0.548. The van der Waals surface area contributed by atoms with Crippen molar-refractivity contribution in [1.82, 2.24) is 19.4 Å². The minimum atomic E-state index is -3.57. The van der Waals surface area contributed by atoms with Crippen LogP contribution >= 0.6 is 0 Å². The van der Waals surface area contributed by atoms with Gasteiger partial charge >= 0.3 is 0 Å². The molecule has 1 atom stereocenters. The fourth-order valence-electron chi connectivity index (χ4n) is 5.25. The zero-order valence-corrected chi connectivity index (χ0v) is 21.7. The summed E-state index contributed by atoms with van der Waals surface area (Å²) in [4.78, 5) is 28.7. The van der Waals surface area contributed by atoms with Crippen LogP contribution < -0.4 is 5.32 Å². The van der Waals surface area contributed by atoms with Crippen LogP contribution in [0, 0.1) is 18.3 Å². The molecular formula is C27H34N4O4S. The number of fused-ring (bicyclic) bond motifs is 1.